The molecule has 5 aliphatic heterocycles. The summed E-state index contributed by atoms with van der Waals surface area (Å²) in [5, 5.41) is 35.7. The maximum atomic E-state index is 12.6. The summed E-state index contributed by atoms with van der Waals surface area (Å²) >= 11 is 0. The molecule has 0 aliphatic carbocycles. The summed E-state index contributed by atoms with van der Waals surface area (Å²) in [5.74, 6) is -4.91. The van der Waals surface area contributed by atoms with E-state index in [1.54, 1.807) is 6.92 Å². The first-order valence-corrected chi connectivity index (χ1v) is 21.9. The molecular weight excluding hydrogens is 746 g/mol. The minimum absolute atomic E-state index is 0.106. The number of aliphatic hydroxyl groups is 2. The van der Waals surface area contributed by atoms with Crippen LogP contribution in [0.3, 0.4) is 0 Å². The van der Waals surface area contributed by atoms with E-state index in [1.807, 2.05) is 51.1 Å². The first kappa shape index (κ1) is 45.2. The second-order valence-corrected chi connectivity index (χ2v) is 18.9. The number of amides is 1. The van der Waals surface area contributed by atoms with Gasteiger partial charge in [0.2, 0.25) is 5.79 Å². The number of carboxylic acid groups (broad SMARTS) is 1. The Balaban J connectivity index is 1.08. The van der Waals surface area contributed by atoms with Crippen LogP contribution in [0.15, 0.2) is 30.3 Å². The summed E-state index contributed by atoms with van der Waals surface area (Å²) < 4.78 is 45.6. The third kappa shape index (κ3) is 9.12. The monoisotopic (exact) mass is 817 g/mol. The molecule has 5 heterocycles. The Morgan fingerprint density at radius 1 is 1.00 bits per heavy atom. The maximum absolute atomic E-state index is 12.6. The Hall–Kier alpha value is -2.36. The van der Waals surface area contributed by atoms with E-state index in [2.05, 4.69) is 33.0 Å². The quantitative estimate of drug-likeness (QED) is 0.167. The van der Waals surface area contributed by atoms with E-state index in [9.17, 15) is 24.9 Å². The second-order valence-electron chi connectivity index (χ2n) is 18.9. The topological polar surface area (TPSA) is 171 Å². The standard InChI is InChI=1S/C45H71NO12/c1-10-43(18-16-35(55-43)42(8)19-20-44(58-42)24-33(47)29(5)38(56-44)30(6)37(52-9)31(7)40(48)49)39-27(3)23-34(54-39)36-26(2)22-28(4)45(51,57-36)25-53-41(50)46-21-17-32-14-12-11-13-15-32/h11-15,26-31,33-39,47,51H,10,16-25H2,1-9H3,(H,46,50)(H,48,49)/t26-,27-,28+,29+,30-,31-,33-,34+,35-,36-,37+,38+,39-,42+,43-,44-,45+/m0/s1. The van der Waals surface area contributed by atoms with Crippen molar-refractivity contribution in [3.05, 3.63) is 35.9 Å². The first-order chi connectivity index (χ1) is 27.4. The van der Waals surface area contributed by atoms with Gasteiger partial charge in [-0.3, -0.25) is 4.79 Å². The smallest absolute Gasteiger partial charge is 0.407 e. The average molecular weight is 818 g/mol. The van der Waals surface area contributed by atoms with E-state index in [-0.39, 0.29) is 54.5 Å². The van der Waals surface area contributed by atoms with Gasteiger partial charge in [0, 0.05) is 44.2 Å². The predicted octanol–water partition coefficient (Wildman–Crippen LogP) is 6.25. The van der Waals surface area contributed by atoms with E-state index >= 15 is 0 Å². The van der Waals surface area contributed by atoms with Crippen molar-refractivity contribution in [2.24, 2.45) is 35.5 Å². The van der Waals surface area contributed by atoms with Crippen LogP contribution in [0.1, 0.15) is 112 Å². The molecule has 6 rings (SSSR count). The van der Waals surface area contributed by atoms with Gasteiger partial charge in [0.15, 0.2) is 5.79 Å². The lowest BCUT2D eigenvalue weighted by Crippen LogP contribution is -2.57. The third-order valence-corrected chi connectivity index (χ3v) is 14.8. The molecule has 1 aromatic rings. The fourth-order valence-electron chi connectivity index (χ4n) is 11.1. The van der Waals surface area contributed by atoms with Crippen molar-refractivity contribution in [2.75, 3.05) is 20.3 Å². The second kappa shape index (κ2) is 17.9. The van der Waals surface area contributed by atoms with E-state index in [1.165, 1.54) is 7.11 Å². The van der Waals surface area contributed by atoms with Gasteiger partial charge in [-0.2, -0.15) is 0 Å². The van der Waals surface area contributed by atoms with Gasteiger partial charge in [0.25, 0.3) is 0 Å². The summed E-state index contributed by atoms with van der Waals surface area (Å²) in [6.07, 6.45) is 2.52. The molecule has 0 aromatic heterocycles. The van der Waals surface area contributed by atoms with Crippen LogP contribution in [0.4, 0.5) is 4.79 Å². The highest BCUT2D eigenvalue weighted by molar-refractivity contribution is 5.70. The maximum Gasteiger partial charge on any atom is 0.407 e. The van der Waals surface area contributed by atoms with Crippen LogP contribution >= 0.6 is 0 Å². The van der Waals surface area contributed by atoms with Gasteiger partial charge in [0.1, 0.15) is 6.61 Å². The van der Waals surface area contributed by atoms with Gasteiger partial charge in [-0.25, -0.2) is 4.79 Å². The molecule has 5 fully saturated rings. The van der Waals surface area contributed by atoms with Crippen molar-refractivity contribution < 1.29 is 58.1 Å². The van der Waals surface area contributed by atoms with Crippen LogP contribution in [0.2, 0.25) is 0 Å². The number of alkyl carbamates (subject to hydrolysis) is 1. The lowest BCUT2D eigenvalue weighted by molar-refractivity contribution is -0.336. The minimum Gasteiger partial charge on any atom is -0.481 e. The number of hydrogen-bond donors (Lipinski definition) is 4. The molecule has 0 bridgehead atoms. The molecule has 1 aromatic carbocycles. The Morgan fingerprint density at radius 3 is 2.40 bits per heavy atom. The van der Waals surface area contributed by atoms with Gasteiger partial charge in [-0.1, -0.05) is 71.9 Å². The van der Waals surface area contributed by atoms with Crippen LogP contribution in [0, 0.1) is 35.5 Å². The highest BCUT2D eigenvalue weighted by atomic mass is 16.7. The molecule has 58 heavy (non-hydrogen) atoms. The summed E-state index contributed by atoms with van der Waals surface area (Å²) in [5.41, 5.74) is -0.121. The number of carbonyl (C=O) groups excluding carboxylic acids is 1. The molecule has 5 saturated heterocycles. The summed E-state index contributed by atoms with van der Waals surface area (Å²) in [6.45, 7) is 16.1. The third-order valence-electron chi connectivity index (χ3n) is 14.8. The van der Waals surface area contributed by atoms with E-state index in [0.29, 0.717) is 38.6 Å². The molecule has 328 valence electrons. The summed E-state index contributed by atoms with van der Waals surface area (Å²) in [7, 11) is 1.52. The van der Waals surface area contributed by atoms with Crippen molar-refractivity contribution in [1.82, 2.24) is 5.32 Å². The molecule has 0 unspecified atom stereocenters. The first-order valence-electron chi connectivity index (χ1n) is 21.9. The molecule has 1 amide bonds. The van der Waals surface area contributed by atoms with Gasteiger partial charge in [0.05, 0.1) is 59.8 Å². The number of aliphatic carboxylic acids is 1. The average Bonchev–Trinajstić information content (AvgIpc) is 3.91. The Bertz CT molecular complexity index is 1550. The largest absolute Gasteiger partial charge is 0.481 e. The molecule has 17 atom stereocenters. The number of hydrogen-bond acceptors (Lipinski definition) is 11. The molecule has 5 aliphatic rings. The van der Waals surface area contributed by atoms with Crippen molar-refractivity contribution in [2.45, 2.75) is 179 Å². The molecule has 13 heteroatoms. The molecular formula is C45H71NO12. The zero-order valence-electron chi connectivity index (χ0n) is 36.2. The minimum atomic E-state index is -1.65. The van der Waals surface area contributed by atoms with Crippen LogP contribution in [0.25, 0.3) is 0 Å². The molecule has 0 radical (unpaired) electrons. The van der Waals surface area contributed by atoms with E-state index in [4.69, 9.17) is 33.2 Å². The number of aliphatic hydroxyl groups excluding tert-OH is 1. The van der Waals surface area contributed by atoms with Crippen molar-refractivity contribution in [3.63, 3.8) is 0 Å². The number of ether oxygens (including phenoxy) is 7. The summed E-state index contributed by atoms with van der Waals surface area (Å²) in [4.78, 5) is 24.5. The lowest BCUT2D eigenvalue weighted by Gasteiger charge is -2.49. The Labute approximate surface area is 345 Å². The fraction of sp³-hybridized carbons (Fsp3) is 0.822. The Kier molecular flexibility index (Phi) is 14.0. The highest BCUT2D eigenvalue weighted by Gasteiger charge is 2.62. The van der Waals surface area contributed by atoms with E-state index < -0.39 is 65.2 Å². The zero-order chi connectivity index (χ0) is 42.2. The number of carbonyl (C=O) groups is 2. The number of nitrogens with one attached hydrogen (secondary N) is 1. The number of methoxy groups -OCH3 is 1. The SMILES string of the molecule is CC[C@@]1([C@H]2O[C@@H]([C@H]3O[C@](O)(COC(=O)NCCc4ccccc4)[C@H](C)C[C@@H]3C)C[C@@H]2C)CC[C@@H]([C@@]2(C)CC[C@@]3(C[C@H](O)[C@@H](C)[C@H]([C@@H](C)[C@@H](OC)[C@H](C)C(=O)O)O3)O2)O1. The van der Waals surface area contributed by atoms with Gasteiger partial charge < -0.3 is 53.8 Å². The normalized spacial score (nSPS) is 43.2. The van der Waals surface area contributed by atoms with Crippen LogP contribution in [0.5, 0.6) is 0 Å². The van der Waals surface area contributed by atoms with Crippen molar-refractivity contribution >= 4 is 12.1 Å². The zero-order valence-corrected chi connectivity index (χ0v) is 36.2. The van der Waals surface area contributed by atoms with E-state index in [0.717, 1.165) is 31.2 Å². The van der Waals surface area contributed by atoms with Crippen LogP contribution < -0.4 is 5.32 Å². The Morgan fingerprint density at radius 2 is 1.72 bits per heavy atom. The van der Waals surface area contributed by atoms with Crippen molar-refractivity contribution in [1.29, 1.82) is 0 Å². The summed E-state index contributed by atoms with van der Waals surface area (Å²) in [6, 6.07) is 9.89. The number of rotatable bonds is 14. The van der Waals surface area contributed by atoms with Gasteiger partial charge >= 0.3 is 12.1 Å². The molecule has 0 saturated carbocycles. The number of carboxylic acids is 1. The van der Waals surface area contributed by atoms with Gasteiger partial charge in [-0.05, 0) is 76.2 Å². The number of benzene rings is 1. The van der Waals surface area contributed by atoms with Crippen molar-refractivity contribution in [3.8, 4) is 0 Å². The van der Waals surface area contributed by atoms with Crippen LogP contribution in [-0.4, -0.2) is 113 Å². The lowest BCUT2D eigenvalue weighted by atomic mass is 9.78. The fourth-order valence-corrected chi connectivity index (χ4v) is 11.1. The molecule has 1 spiro atoms. The molecule has 13 nitrogen and oxygen atoms in total. The predicted molar refractivity (Wildman–Crippen MR) is 215 cm³/mol. The molecule has 4 N–H and O–H groups in total. The highest BCUT2D eigenvalue weighted by Crippen LogP contribution is 2.55. The van der Waals surface area contributed by atoms with Crippen LogP contribution in [-0.2, 0) is 44.4 Å². The van der Waals surface area contributed by atoms with Gasteiger partial charge in [-0.15, -0.1) is 0 Å².